The van der Waals surface area contributed by atoms with Crippen LogP contribution in [0.4, 0.5) is 11.4 Å². The second-order valence-electron chi connectivity index (χ2n) is 6.69. The van der Waals surface area contributed by atoms with Gasteiger partial charge >= 0.3 is 0 Å². The molecule has 7 heteroatoms. The Kier molecular flexibility index (Phi) is 5.53. The first-order chi connectivity index (χ1) is 13.7. The van der Waals surface area contributed by atoms with Gasteiger partial charge in [0.2, 0.25) is 0 Å². The van der Waals surface area contributed by atoms with Crippen LogP contribution >= 0.6 is 11.3 Å². The Balaban J connectivity index is 1.38. The summed E-state index contributed by atoms with van der Waals surface area (Å²) in [6.07, 6.45) is 5.84. The Morgan fingerprint density at radius 3 is 2.71 bits per heavy atom. The fourth-order valence-electron chi connectivity index (χ4n) is 3.22. The number of nitrogens with zero attached hydrogens (tertiary/aromatic N) is 3. The lowest BCUT2D eigenvalue weighted by molar-refractivity contribution is 0.103. The summed E-state index contributed by atoms with van der Waals surface area (Å²) in [5, 5.41) is 3.73. The number of ether oxygens (including phenoxy) is 1. The average Bonchev–Trinajstić information content (AvgIpc) is 3.38. The highest BCUT2D eigenvalue weighted by atomic mass is 32.1. The molecule has 1 aromatic carbocycles. The van der Waals surface area contributed by atoms with Crippen molar-refractivity contribution in [3.63, 3.8) is 0 Å². The first-order valence-corrected chi connectivity index (χ1v) is 10.2. The van der Waals surface area contributed by atoms with Crippen molar-refractivity contribution in [1.82, 2.24) is 9.97 Å². The maximum Gasteiger partial charge on any atom is 0.267 e. The molecule has 1 aliphatic rings. The summed E-state index contributed by atoms with van der Waals surface area (Å²) in [7, 11) is 0. The maximum absolute atomic E-state index is 12.7. The first kappa shape index (κ1) is 18.4. The Morgan fingerprint density at radius 2 is 2.00 bits per heavy atom. The number of carbonyl (C=O) groups excluding carboxylic acids is 1. The molecule has 0 atom stereocenters. The monoisotopic (exact) mass is 394 g/mol. The van der Waals surface area contributed by atoms with Gasteiger partial charge in [-0.2, -0.15) is 0 Å². The Morgan fingerprint density at radius 1 is 1.21 bits per heavy atom. The van der Waals surface area contributed by atoms with Crippen LogP contribution in [0.5, 0.6) is 5.75 Å². The zero-order chi connectivity index (χ0) is 19.3. The Labute approximate surface area is 168 Å². The van der Waals surface area contributed by atoms with Crippen LogP contribution in [0.25, 0.3) is 0 Å². The van der Waals surface area contributed by atoms with Gasteiger partial charge < -0.3 is 15.0 Å². The molecule has 0 spiro atoms. The highest BCUT2D eigenvalue weighted by molar-refractivity contribution is 7.13. The first-order valence-electron chi connectivity index (χ1n) is 9.34. The number of carbonyl (C=O) groups is 1. The highest BCUT2D eigenvalue weighted by Gasteiger charge is 2.17. The molecule has 0 aliphatic carbocycles. The molecule has 1 amide bonds. The second-order valence-corrected chi connectivity index (χ2v) is 7.78. The molecule has 4 rings (SSSR count). The number of nitrogens with one attached hydrogen (secondary N) is 1. The van der Waals surface area contributed by atoms with Gasteiger partial charge in [-0.25, -0.2) is 4.98 Å². The maximum atomic E-state index is 12.7. The number of anilines is 2. The quantitative estimate of drug-likeness (QED) is 0.676. The van der Waals surface area contributed by atoms with E-state index in [9.17, 15) is 4.79 Å². The molecular formula is C21H22N4O2S. The Hall–Kier alpha value is -2.93. The van der Waals surface area contributed by atoms with Crippen molar-refractivity contribution in [1.29, 1.82) is 0 Å². The minimum absolute atomic E-state index is 0.142. The highest BCUT2D eigenvalue weighted by Crippen LogP contribution is 2.24. The van der Waals surface area contributed by atoms with Crippen LogP contribution in [-0.2, 0) is 6.61 Å². The number of aromatic nitrogens is 2. The van der Waals surface area contributed by atoms with Crippen LogP contribution in [-0.4, -0.2) is 29.0 Å². The SMILES string of the molecule is Cc1nc(COc2cccnc2)sc1C(=O)Nc1ccc(N2CCCC2)cc1. The lowest BCUT2D eigenvalue weighted by atomic mass is 10.2. The number of aryl methyl sites for hydroxylation is 1. The molecular weight excluding hydrogens is 372 g/mol. The van der Waals surface area contributed by atoms with Gasteiger partial charge in [0.1, 0.15) is 22.2 Å². The van der Waals surface area contributed by atoms with Gasteiger partial charge in [-0.05, 0) is 56.2 Å². The molecule has 28 heavy (non-hydrogen) atoms. The standard InChI is InChI=1S/C21H22N4O2S/c1-15-20(28-19(23-15)14-27-18-5-4-10-22-13-18)21(26)24-16-6-8-17(9-7-16)25-11-2-3-12-25/h4-10,13H,2-3,11-12,14H2,1H3,(H,24,26). The number of benzene rings is 1. The van der Waals surface area contributed by atoms with Crippen LogP contribution in [0.15, 0.2) is 48.8 Å². The van der Waals surface area contributed by atoms with Crippen molar-refractivity contribution < 1.29 is 9.53 Å². The number of hydrogen-bond acceptors (Lipinski definition) is 6. The number of hydrogen-bond donors (Lipinski definition) is 1. The van der Waals surface area contributed by atoms with E-state index < -0.39 is 0 Å². The third kappa shape index (κ3) is 4.31. The van der Waals surface area contributed by atoms with Crippen molar-refractivity contribution in [2.24, 2.45) is 0 Å². The van der Waals surface area contributed by atoms with Crippen LogP contribution in [0.2, 0.25) is 0 Å². The van der Waals surface area contributed by atoms with Gasteiger partial charge in [0.25, 0.3) is 5.91 Å². The van der Waals surface area contributed by atoms with E-state index in [1.165, 1.54) is 29.9 Å². The predicted molar refractivity (Wildman–Crippen MR) is 111 cm³/mol. The lowest BCUT2D eigenvalue weighted by Crippen LogP contribution is -2.17. The van der Waals surface area contributed by atoms with E-state index in [1.807, 2.05) is 31.2 Å². The van der Waals surface area contributed by atoms with E-state index in [0.717, 1.165) is 23.8 Å². The molecule has 144 valence electrons. The summed E-state index contributed by atoms with van der Waals surface area (Å²) in [5.74, 6) is 0.538. The van der Waals surface area contributed by atoms with Gasteiger partial charge in [-0.3, -0.25) is 9.78 Å². The van der Waals surface area contributed by atoms with E-state index in [1.54, 1.807) is 12.4 Å². The smallest absolute Gasteiger partial charge is 0.267 e. The summed E-state index contributed by atoms with van der Waals surface area (Å²) in [4.78, 5) is 24.1. The molecule has 0 bridgehead atoms. The molecule has 0 radical (unpaired) electrons. The van der Waals surface area contributed by atoms with Crippen molar-refractivity contribution >= 4 is 28.6 Å². The van der Waals surface area contributed by atoms with Gasteiger partial charge in [-0.1, -0.05) is 0 Å². The average molecular weight is 395 g/mol. The third-order valence-corrected chi connectivity index (χ3v) is 5.77. The summed E-state index contributed by atoms with van der Waals surface area (Å²) in [6, 6.07) is 11.7. The van der Waals surface area contributed by atoms with Crippen molar-refractivity contribution in [3.05, 3.63) is 64.4 Å². The molecule has 6 nitrogen and oxygen atoms in total. The molecule has 3 aromatic rings. The zero-order valence-corrected chi connectivity index (χ0v) is 16.5. The minimum atomic E-state index is -0.142. The predicted octanol–water partition coefficient (Wildman–Crippen LogP) is 4.28. The summed E-state index contributed by atoms with van der Waals surface area (Å²) in [5.41, 5.74) is 2.70. The van der Waals surface area contributed by atoms with Crippen LogP contribution in [0, 0.1) is 6.92 Å². The molecule has 1 fully saturated rings. The fourth-order valence-corrected chi connectivity index (χ4v) is 4.09. The molecule has 2 aromatic heterocycles. The number of pyridine rings is 1. The van der Waals surface area contributed by atoms with Gasteiger partial charge in [0, 0.05) is 30.7 Å². The summed E-state index contributed by atoms with van der Waals surface area (Å²) < 4.78 is 5.67. The molecule has 3 heterocycles. The van der Waals surface area contributed by atoms with Gasteiger partial charge in [0.15, 0.2) is 0 Å². The summed E-state index contributed by atoms with van der Waals surface area (Å²) >= 11 is 1.35. The second kappa shape index (κ2) is 8.39. The van der Waals surface area contributed by atoms with Crippen LogP contribution < -0.4 is 15.0 Å². The van der Waals surface area contributed by atoms with E-state index >= 15 is 0 Å². The van der Waals surface area contributed by atoms with Crippen LogP contribution in [0.3, 0.4) is 0 Å². The molecule has 1 saturated heterocycles. The molecule has 1 aliphatic heterocycles. The lowest BCUT2D eigenvalue weighted by Gasteiger charge is -2.17. The van der Waals surface area contributed by atoms with E-state index in [-0.39, 0.29) is 5.91 Å². The summed E-state index contributed by atoms with van der Waals surface area (Å²) in [6.45, 7) is 4.37. The molecule has 0 saturated carbocycles. The molecule has 1 N–H and O–H groups in total. The fraction of sp³-hybridized carbons (Fsp3) is 0.286. The minimum Gasteiger partial charge on any atom is -0.485 e. The number of amides is 1. The molecule has 0 unspecified atom stereocenters. The van der Waals surface area contributed by atoms with E-state index in [2.05, 4.69) is 32.3 Å². The normalized spacial score (nSPS) is 13.5. The van der Waals surface area contributed by atoms with Crippen molar-refractivity contribution in [2.75, 3.05) is 23.3 Å². The third-order valence-electron chi connectivity index (χ3n) is 4.64. The van der Waals surface area contributed by atoms with E-state index in [0.29, 0.717) is 22.9 Å². The number of thiazole rings is 1. The van der Waals surface area contributed by atoms with Crippen molar-refractivity contribution in [3.8, 4) is 5.75 Å². The van der Waals surface area contributed by atoms with Gasteiger partial charge in [0.05, 0.1) is 11.9 Å². The van der Waals surface area contributed by atoms with Crippen LogP contribution in [0.1, 0.15) is 33.2 Å². The number of rotatable bonds is 6. The Bertz CT molecular complexity index is 935. The zero-order valence-electron chi connectivity index (χ0n) is 15.7. The van der Waals surface area contributed by atoms with Crippen molar-refractivity contribution in [2.45, 2.75) is 26.4 Å². The van der Waals surface area contributed by atoms with Gasteiger partial charge in [-0.15, -0.1) is 11.3 Å². The topological polar surface area (TPSA) is 67.3 Å². The largest absolute Gasteiger partial charge is 0.485 e. The van der Waals surface area contributed by atoms with E-state index in [4.69, 9.17) is 4.74 Å².